The van der Waals surface area contributed by atoms with Gasteiger partial charge in [-0.05, 0) is 36.6 Å². The van der Waals surface area contributed by atoms with Crippen molar-refractivity contribution in [1.82, 2.24) is 4.90 Å². The highest BCUT2D eigenvalue weighted by atomic mass is 35.5. The Balaban J connectivity index is 1.72. The maximum absolute atomic E-state index is 12.7. The Morgan fingerprint density at radius 2 is 1.81 bits per heavy atom. The molecule has 6 heteroatoms. The molecule has 1 saturated heterocycles. The third kappa shape index (κ3) is 4.42. The van der Waals surface area contributed by atoms with Crippen LogP contribution in [0.1, 0.15) is 41.2 Å². The number of nitrogens with two attached hydrogens (primary N) is 1. The summed E-state index contributed by atoms with van der Waals surface area (Å²) >= 11 is 6.07. The van der Waals surface area contributed by atoms with Gasteiger partial charge in [-0.15, -0.1) is 0 Å². The van der Waals surface area contributed by atoms with Gasteiger partial charge in [-0.1, -0.05) is 41.9 Å². The van der Waals surface area contributed by atoms with E-state index in [1.807, 2.05) is 30.3 Å². The minimum Gasteiger partial charge on any atom is -0.339 e. The minimum atomic E-state index is -0.402. The normalized spacial score (nSPS) is 14.9. The van der Waals surface area contributed by atoms with Gasteiger partial charge in [0.15, 0.2) is 0 Å². The van der Waals surface area contributed by atoms with E-state index in [0.29, 0.717) is 16.3 Å². The second kappa shape index (κ2) is 8.34. The van der Waals surface area contributed by atoms with Crippen molar-refractivity contribution in [2.24, 2.45) is 5.73 Å². The van der Waals surface area contributed by atoms with Crippen LogP contribution >= 0.6 is 11.6 Å². The van der Waals surface area contributed by atoms with E-state index in [-0.39, 0.29) is 18.2 Å². The number of benzene rings is 2. The van der Waals surface area contributed by atoms with Gasteiger partial charge < -0.3 is 16.0 Å². The Kier molecular flexibility index (Phi) is 5.91. The van der Waals surface area contributed by atoms with Gasteiger partial charge >= 0.3 is 0 Å². The van der Waals surface area contributed by atoms with Gasteiger partial charge in [0.05, 0.1) is 11.3 Å². The number of carbonyl (C=O) groups is 2. The maximum Gasteiger partial charge on any atom is 0.256 e. The molecule has 1 unspecified atom stereocenters. The van der Waals surface area contributed by atoms with Crippen LogP contribution in [0.15, 0.2) is 48.5 Å². The van der Waals surface area contributed by atoms with Crippen molar-refractivity contribution in [2.75, 3.05) is 18.4 Å². The summed E-state index contributed by atoms with van der Waals surface area (Å²) in [6.45, 7) is 1.47. The average Bonchev–Trinajstić information content (AvgIpc) is 3.18. The number of halogens is 1. The lowest BCUT2D eigenvalue weighted by molar-refractivity contribution is -0.116. The molecule has 3 N–H and O–H groups in total. The van der Waals surface area contributed by atoms with Gasteiger partial charge in [0.25, 0.3) is 5.91 Å². The molecule has 1 aliphatic rings. The molecule has 0 aliphatic carbocycles. The van der Waals surface area contributed by atoms with E-state index in [1.54, 1.807) is 23.1 Å². The third-order valence-electron chi connectivity index (χ3n) is 4.51. The molecule has 2 aromatic carbocycles. The molecular weight excluding hydrogens is 350 g/mol. The molecule has 0 radical (unpaired) electrons. The van der Waals surface area contributed by atoms with Crippen LogP contribution in [0.2, 0.25) is 5.02 Å². The lowest BCUT2D eigenvalue weighted by Crippen LogP contribution is -2.29. The quantitative estimate of drug-likeness (QED) is 0.843. The monoisotopic (exact) mass is 371 g/mol. The van der Waals surface area contributed by atoms with E-state index < -0.39 is 6.04 Å². The van der Waals surface area contributed by atoms with Gasteiger partial charge in [-0.2, -0.15) is 0 Å². The summed E-state index contributed by atoms with van der Waals surface area (Å²) in [5.74, 6) is -0.341. The van der Waals surface area contributed by atoms with Crippen molar-refractivity contribution in [3.05, 3.63) is 64.7 Å². The SMILES string of the molecule is NC(CC(=O)Nc1ccc(Cl)cc1C(=O)N1CCCC1)c1ccccc1. The number of hydrogen-bond acceptors (Lipinski definition) is 3. The molecule has 0 saturated carbocycles. The Bertz CT molecular complexity index is 789. The number of nitrogens with zero attached hydrogens (tertiary/aromatic N) is 1. The van der Waals surface area contributed by atoms with Crippen LogP contribution in [-0.2, 0) is 4.79 Å². The smallest absolute Gasteiger partial charge is 0.256 e. The first-order valence-corrected chi connectivity index (χ1v) is 9.11. The summed E-state index contributed by atoms with van der Waals surface area (Å²) in [7, 11) is 0. The molecule has 0 spiro atoms. The second-order valence-corrected chi connectivity index (χ2v) is 6.90. The first kappa shape index (κ1) is 18.4. The summed E-state index contributed by atoms with van der Waals surface area (Å²) in [4.78, 5) is 27.0. The molecule has 0 aromatic heterocycles. The molecule has 1 aliphatic heterocycles. The van der Waals surface area contributed by atoms with Crippen molar-refractivity contribution in [3.8, 4) is 0 Å². The number of hydrogen-bond donors (Lipinski definition) is 2. The van der Waals surface area contributed by atoms with Gasteiger partial charge in [0.1, 0.15) is 0 Å². The van der Waals surface area contributed by atoms with Crippen LogP contribution in [0.5, 0.6) is 0 Å². The molecule has 2 aromatic rings. The Hall–Kier alpha value is -2.37. The van der Waals surface area contributed by atoms with E-state index in [4.69, 9.17) is 17.3 Å². The fourth-order valence-corrected chi connectivity index (χ4v) is 3.28. The third-order valence-corrected chi connectivity index (χ3v) is 4.75. The molecule has 26 heavy (non-hydrogen) atoms. The van der Waals surface area contributed by atoms with Crippen LogP contribution in [0, 0.1) is 0 Å². The van der Waals surface area contributed by atoms with Gasteiger partial charge in [0.2, 0.25) is 5.91 Å². The van der Waals surface area contributed by atoms with Crippen LogP contribution in [0.3, 0.4) is 0 Å². The molecule has 0 bridgehead atoms. The fourth-order valence-electron chi connectivity index (χ4n) is 3.11. The zero-order valence-corrected chi connectivity index (χ0v) is 15.2. The number of rotatable bonds is 5. The predicted octanol–water partition coefficient (Wildman–Crippen LogP) is 3.60. The highest BCUT2D eigenvalue weighted by molar-refractivity contribution is 6.31. The second-order valence-electron chi connectivity index (χ2n) is 6.46. The highest BCUT2D eigenvalue weighted by Gasteiger charge is 2.23. The first-order valence-electron chi connectivity index (χ1n) is 8.74. The molecule has 1 atom stereocenters. The Morgan fingerprint density at radius 3 is 2.50 bits per heavy atom. The van der Waals surface area contributed by atoms with Crippen LogP contribution in [-0.4, -0.2) is 29.8 Å². The zero-order chi connectivity index (χ0) is 18.5. The van der Waals surface area contributed by atoms with E-state index in [2.05, 4.69) is 5.32 Å². The topological polar surface area (TPSA) is 75.4 Å². The van der Waals surface area contributed by atoms with Gasteiger partial charge in [0, 0.05) is 30.6 Å². The van der Waals surface area contributed by atoms with E-state index in [0.717, 1.165) is 31.5 Å². The number of amides is 2. The van der Waals surface area contributed by atoms with Crippen molar-refractivity contribution < 1.29 is 9.59 Å². The minimum absolute atomic E-state index is 0.104. The van der Waals surface area contributed by atoms with Gasteiger partial charge in [-0.3, -0.25) is 9.59 Å². The summed E-state index contributed by atoms with van der Waals surface area (Å²) in [5.41, 5.74) is 7.90. The van der Waals surface area contributed by atoms with E-state index in [1.165, 1.54) is 0 Å². The number of carbonyl (C=O) groups excluding carboxylic acids is 2. The molecule has 1 heterocycles. The predicted molar refractivity (Wildman–Crippen MR) is 103 cm³/mol. The van der Waals surface area contributed by atoms with E-state index >= 15 is 0 Å². The summed E-state index contributed by atoms with van der Waals surface area (Å²) < 4.78 is 0. The summed E-state index contributed by atoms with van der Waals surface area (Å²) in [6, 6.07) is 14.0. The lowest BCUT2D eigenvalue weighted by Gasteiger charge is -2.19. The van der Waals surface area contributed by atoms with Crippen molar-refractivity contribution >= 4 is 29.1 Å². The van der Waals surface area contributed by atoms with E-state index in [9.17, 15) is 9.59 Å². The number of anilines is 1. The maximum atomic E-state index is 12.7. The molecule has 5 nitrogen and oxygen atoms in total. The summed E-state index contributed by atoms with van der Waals surface area (Å²) in [5, 5.41) is 3.28. The van der Waals surface area contributed by atoms with Crippen molar-refractivity contribution in [2.45, 2.75) is 25.3 Å². The summed E-state index contributed by atoms with van der Waals surface area (Å²) in [6.07, 6.45) is 2.13. The fraction of sp³-hybridized carbons (Fsp3) is 0.300. The standard InChI is InChI=1S/C20H22ClN3O2/c21-15-8-9-18(16(12-15)20(26)24-10-4-5-11-24)23-19(25)13-17(22)14-6-2-1-3-7-14/h1-3,6-9,12,17H,4-5,10-11,13,22H2,(H,23,25). The molecule has 136 valence electrons. The molecule has 1 fully saturated rings. The van der Waals surface area contributed by atoms with Crippen LogP contribution in [0.25, 0.3) is 0 Å². The zero-order valence-electron chi connectivity index (χ0n) is 14.5. The van der Waals surface area contributed by atoms with Crippen molar-refractivity contribution in [3.63, 3.8) is 0 Å². The lowest BCUT2D eigenvalue weighted by atomic mass is 10.0. The average molecular weight is 372 g/mol. The van der Waals surface area contributed by atoms with Crippen LogP contribution in [0.4, 0.5) is 5.69 Å². The largest absolute Gasteiger partial charge is 0.339 e. The van der Waals surface area contributed by atoms with Crippen molar-refractivity contribution in [1.29, 1.82) is 0 Å². The number of nitrogens with one attached hydrogen (secondary N) is 1. The molecule has 3 rings (SSSR count). The highest BCUT2D eigenvalue weighted by Crippen LogP contribution is 2.25. The molecular formula is C20H22ClN3O2. The Labute approximate surface area is 158 Å². The first-order chi connectivity index (χ1) is 12.5. The molecule has 2 amide bonds. The van der Waals surface area contributed by atoms with Gasteiger partial charge in [-0.25, -0.2) is 0 Å². The van der Waals surface area contributed by atoms with Crippen LogP contribution < -0.4 is 11.1 Å². The Morgan fingerprint density at radius 1 is 1.12 bits per heavy atom. The number of likely N-dealkylation sites (tertiary alicyclic amines) is 1.